The molecule has 5 nitrogen and oxygen atoms in total. The molecule has 1 amide bonds. The van der Waals surface area contributed by atoms with Crippen LogP contribution < -0.4 is 5.32 Å². The summed E-state index contributed by atoms with van der Waals surface area (Å²) in [6.07, 6.45) is 0. The van der Waals surface area contributed by atoms with E-state index in [1.807, 2.05) is 13.8 Å². The van der Waals surface area contributed by atoms with Crippen LogP contribution in [0.2, 0.25) is 0 Å². The van der Waals surface area contributed by atoms with E-state index in [4.69, 9.17) is 0 Å². The van der Waals surface area contributed by atoms with Gasteiger partial charge in [0.2, 0.25) is 5.91 Å². The number of Topliss-reactive ketones (excluding diaryl/α,β-unsaturated/α-hetero) is 1. The Balaban J connectivity index is 1.85. The highest BCUT2D eigenvalue weighted by Crippen LogP contribution is 2.37. The Labute approximate surface area is 166 Å². The van der Waals surface area contributed by atoms with Crippen molar-refractivity contribution in [2.45, 2.75) is 44.9 Å². The van der Waals surface area contributed by atoms with Crippen molar-refractivity contribution in [3.8, 4) is 0 Å². The second-order valence-electron chi connectivity index (χ2n) is 6.42. The van der Waals surface area contributed by atoms with Crippen LogP contribution in [0, 0.1) is 20.8 Å². The number of hydrogen-bond donors (Lipinski definition) is 1. The monoisotopic (exact) mass is 399 g/mol. The zero-order valence-corrected chi connectivity index (χ0v) is 17.5. The molecule has 0 bridgehead atoms. The molecule has 3 rings (SSSR count). The van der Waals surface area contributed by atoms with E-state index in [0.717, 1.165) is 15.2 Å². The lowest BCUT2D eigenvalue weighted by molar-refractivity contribution is -0.114. The minimum absolute atomic E-state index is 0.0309. The summed E-state index contributed by atoms with van der Waals surface area (Å²) in [5, 5.41) is 4.33. The number of thiophene rings is 1. The lowest BCUT2D eigenvalue weighted by Crippen LogP contribution is -2.14. The molecule has 1 atom stereocenters. The number of rotatable bonds is 5. The maximum Gasteiger partial charge on any atom is 0.221 e. The van der Waals surface area contributed by atoms with E-state index in [9.17, 15) is 9.59 Å². The van der Waals surface area contributed by atoms with Crippen molar-refractivity contribution >= 4 is 50.7 Å². The van der Waals surface area contributed by atoms with Gasteiger partial charge < -0.3 is 5.32 Å². The molecule has 140 valence electrons. The van der Waals surface area contributed by atoms with Gasteiger partial charge in [0.05, 0.1) is 5.25 Å². The molecule has 0 aliphatic heterocycles. The molecule has 2 aromatic heterocycles. The Morgan fingerprint density at radius 2 is 1.78 bits per heavy atom. The fourth-order valence-corrected chi connectivity index (χ4v) is 5.05. The van der Waals surface area contributed by atoms with Crippen molar-refractivity contribution < 1.29 is 9.59 Å². The van der Waals surface area contributed by atoms with Crippen LogP contribution in [0.25, 0.3) is 10.2 Å². The number of anilines is 1. The highest BCUT2D eigenvalue weighted by Gasteiger charge is 2.21. The zero-order valence-electron chi connectivity index (χ0n) is 15.9. The maximum absolute atomic E-state index is 12.8. The SMILES string of the molecule is CC(=O)Nc1ccc(C(=O)[C@H](C)Sc2nc(C)nc3sc(C)c(C)c23)cc1. The van der Waals surface area contributed by atoms with E-state index >= 15 is 0 Å². The number of nitrogens with one attached hydrogen (secondary N) is 1. The normalized spacial score (nSPS) is 12.2. The van der Waals surface area contributed by atoms with E-state index < -0.39 is 0 Å². The first-order valence-corrected chi connectivity index (χ1v) is 10.3. The van der Waals surface area contributed by atoms with Crippen LogP contribution in [-0.2, 0) is 4.79 Å². The molecule has 3 aromatic rings. The first kappa shape index (κ1) is 19.5. The molecule has 1 N–H and O–H groups in total. The summed E-state index contributed by atoms with van der Waals surface area (Å²) in [5.41, 5.74) is 2.47. The van der Waals surface area contributed by atoms with Crippen LogP contribution >= 0.6 is 23.1 Å². The Morgan fingerprint density at radius 3 is 2.41 bits per heavy atom. The van der Waals surface area contributed by atoms with Crippen molar-refractivity contribution in [1.29, 1.82) is 0 Å². The molecule has 2 heterocycles. The van der Waals surface area contributed by atoms with Gasteiger partial charge in [-0.05, 0) is 57.5 Å². The number of thioether (sulfide) groups is 1. The van der Waals surface area contributed by atoms with Crippen LogP contribution in [0.3, 0.4) is 0 Å². The molecule has 27 heavy (non-hydrogen) atoms. The van der Waals surface area contributed by atoms with Crippen LogP contribution in [-0.4, -0.2) is 26.9 Å². The second kappa shape index (κ2) is 7.78. The molecule has 0 spiro atoms. The maximum atomic E-state index is 12.8. The molecule has 0 radical (unpaired) electrons. The smallest absolute Gasteiger partial charge is 0.221 e. The van der Waals surface area contributed by atoms with Crippen molar-refractivity contribution in [2.75, 3.05) is 5.32 Å². The van der Waals surface area contributed by atoms with Gasteiger partial charge in [-0.1, -0.05) is 11.8 Å². The summed E-state index contributed by atoms with van der Waals surface area (Å²) in [5.74, 6) is 0.608. The molecule has 0 saturated carbocycles. The van der Waals surface area contributed by atoms with Crippen LogP contribution in [0.5, 0.6) is 0 Å². The minimum atomic E-state index is -0.284. The lowest BCUT2D eigenvalue weighted by Gasteiger charge is -2.12. The van der Waals surface area contributed by atoms with Gasteiger partial charge in [0, 0.05) is 28.4 Å². The van der Waals surface area contributed by atoms with Gasteiger partial charge in [0.15, 0.2) is 5.78 Å². The minimum Gasteiger partial charge on any atom is -0.326 e. The topological polar surface area (TPSA) is 72.0 Å². The van der Waals surface area contributed by atoms with E-state index in [1.54, 1.807) is 35.6 Å². The molecule has 0 saturated heterocycles. The number of carbonyl (C=O) groups excluding carboxylic acids is 2. The standard InChI is InChI=1S/C20H21N3O2S2/c1-10-11(2)26-19-17(10)20(22-13(4)21-19)27-12(3)18(25)15-6-8-16(9-7-15)23-14(5)24/h6-9,12H,1-5H3,(H,23,24)/t12-/m0/s1. The van der Waals surface area contributed by atoms with Gasteiger partial charge in [-0.25, -0.2) is 9.97 Å². The molecule has 0 aliphatic rings. The van der Waals surface area contributed by atoms with Gasteiger partial charge in [-0.2, -0.15) is 0 Å². The second-order valence-corrected chi connectivity index (χ2v) is 8.95. The molecule has 0 aliphatic carbocycles. The average Bonchev–Trinajstić information content (AvgIpc) is 2.88. The third-order valence-corrected chi connectivity index (χ3v) is 6.44. The van der Waals surface area contributed by atoms with Crippen molar-refractivity contribution in [1.82, 2.24) is 9.97 Å². The number of benzene rings is 1. The summed E-state index contributed by atoms with van der Waals surface area (Å²) in [6.45, 7) is 9.38. The zero-order chi connectivity index (χ0) is 19.7. The number of nitrogens with zero attached hydrogens (tertiary/aromatic N) is 2. The Kier molecular flexibility index (Phi) is 5.62. The van der Waals surface area contributed by atoms with E-state index in [2.05, 4.69) is 29.1 Å². The quantitative estimate of drug-likeness (QED) is 0.374. The first-order valence-electron chi connectivity index (χ1n) is 8.59. The highest BCUT2D eigenvalue weighted by molar-refractivity contribution is 8.00. The van der Waals surface area contributed by atoms with Gasteiger partial charge in [-0.3, -0.25) is 9.59 Å². The third kappa shape index (κ3) is 4.20. The number of ketones is 1. The molecular weight excluding hydrogens is 378 g/mol. The fourth-order valence-electron chi connectivity index (χ4n) is 2.78. The number of aryl methyl sites for hydroxylation is 3. The lowest BCUT2D eigenvalue weighted by atomic mass is 10.1. The largest absolute Gasteiger partial charge is 0.326 e. The summed E-state index contributed by atoms with van der Waals surface area (Å²) in [7, 11) is 0. The number of carbonyl (C=O) groups is 2. The van der Waals surface area contributed by atoms with E-state index in [-0.39, 0.29) is 16.9 Å². The van der Waals surface area contributed by atoms with Crippen molar-refractivity contribution in [3.63, 3.8) is 0 Å². The Morgan fingerprint density at radius 1 is 1.11 bits per heavy atom. The van der Waals surface area contributed by atoms with Gasteiger partial charge in [0.25, 0.3) is 0 Å². The number of fused-ring (bicyclic) bond motifs is 1. The summed E-state index contributed by atoms with van der Waals surface area (Å²) >= 11 is 3.13. The number of amides is 1. The number of aromatic nitrogens is 2. The molecule has 1 aromatic carbocycles. The van der Waals surface area contributed by atoms with Crippen LogP contribution in [0.15, 0.2) is 29.3 Å². The van der Waals surface area contributed by atoms with E-state index in [1.165, 1.54) is 29.1 Å². The highest BCUT2D eigenvalue weighted by atomic mass is 32.2. The van der Waals surface area contributed by atoms with Crippen molar-refractivity contribution in [3.05, 3.63) is 46.1 Å². The average molecular weight is 400 g/mol. The number of hydrogen-bond acceptors (Lipinski definition) is 6. The van der Waals surface area contributed by atoms with Crippen LogP contribution in [0.4, 0.5) is 5.69 Å². The van der Waals surface area contributed by atoms with Crippen LogP contribution in [0.1, 0.15) is 40.5 Å². The fraction of sp³-hybridized carbons (Fsp3) is 0.300. The summed E-state index contributed by atoms with van der Waals surface area (Å²) in [6, 6.07) is 6.97. The van der Waals surface area contributed by atoms with Gasteiger partial charge >= 0.3 is 0 Å². The predicted octanol–water partition coefficient (Wildman–Crippen LogP) is 4.94. The van der Waals surface area contributed by atoms with E-state index in [0.29, 0.717) is 17.1 Å². The molecule has 7 heteroatoms. The molecular formula is C20H21N3O2S2. The van der Waals surface area contributed by atoms with Gasteiger partial charge in [0.1, 0.15) is 15.7 Å². The van der Waals surface area contributed by atoms with Crippen molar-refractivity contribution in [2.24, 2.45) is 0 Å². The first-order chi connectivity index (χ1) is 12.8. The Hall–Kier alpha value is -2.25. The Bertz CT molecular complexity index is 1030. The third-order valence-electron chi connectivity index (χ3n) is 4.25. The predicted molar refractivity (Wildman–Crippen MR) is 112 cm³/mol. The summed E-state index contributed by atoms with van der Waals surface area (Å²) in [4.78, 5) is 35.3. The molecule has 0 fully saturated rings. The summed E-state index contributed by atoms with van der Waals surface area (Å²) < 4.78 is 0. The molecule has 0 unspecified atom stereocenters. The van der Waals surface area contributed by atoms with Gasteiger partial charge in [-0.15, -0.1) is 11.3 Å².